The second-order valence-corrected chi connectivity index (χ2v) is 18.9. The maximum Gasteiger partial charge on any atom is 0.307 e. The molecule has 49 heavy (non-hydrogen) atoms. The van der Waals surface area contributed by atoms with Crippen LogP contribution in [0.1, 0.15) is 120 Å². The molecule has 1 aromatic rings. The molecule has 3 saturated carbocycles. The van der Waals surface area contributed by atoms with Crippen LogP contribution in [0.3, 0.4) is 0 Å². The van der Waals surface area contributed by atoms with Crippen molar-refractivity contribution in [1.82, 2.24) is 20.1 Å². The number of likely N-dealkylation sites (N-methyl/N-ethyl adjacent to an activating group) is 1. The molecule has 6 rings (SSSR count). The second kappa shape index (κ2) is 12.3. The molecular formula is C41H66N4O4. The molecule has 4 fully saturated rings. The summed E-state index contributed by atoms with van der Waals surface area (Å²) in [6.07, 6.45) is 11.7. The molecule has 4 aliphatic carbocycles. The third kappa shape index (κ3) is 5.03. The molecule has 0 aromatic carbocycles. The van der Waals surface area contributed by atoms with E-state index in [9.17, 15) is 9.90 Å². The number of nitrogens with one attached hydrogen (secondary N) is 1. The fraction of sp³-hybridized carbons (Fsp3) is 0.829. The molecule has 274 valence electrons. The first-order valence-corrected chi connectivity index (χ1v) is 19.2. The number of aromatic nitrogens is 3. The van der Waals surface area contributed by atoms with Gasteiger partial charge in [-0.2, -0.15) is 5.10 Å². The summed E-state index contributed by atoms with van der Waals surface area (Å²) in [6, 6.07) is -0.0389. The highest BCUT2D eigenvalue weighted by atomic mass is 16.5. The van der Waals surface area contributed by atoms with E-state index in [1.54, 1.807) is 6.33 Å². The molecule has 0 spiro atoms. The lowest BCUT2D eigenvalue weighted by Crippen LogP contribution is -2.69. The Balaban J connectivity index is 1.46. The molecule has 1 aliphatic heterocycles. The smallest absolute Gasteiger partial charge is 0.307 e. The number of carbonyl (C=O) groups is 1. The van der Waals surface area contributed by atoms with Gasteiger partial charge in [0.1, 0.15) is 12.2 Å². The van der Waals surface area contributed by atoms with E-state index in [0.717, 1.165) is 44.3 Å². The van der Waals surface area contributed by atoms with Crippen LogP contribution in [0.4, 0.5) is 0 Å². The summed E-state index contributed by atoms with van der Waals surface area (Å²) in [5.41, 5.74) is 0.204. The van der Waals surface area contributed by atoms with Crippen molar-refractivity contribution >= 4 is 12.0 Å². The molecule has 8 nitrogen and oxygen atoms in total. The van der Waals surface area contributed by atoms with Gasteiger partial charge in [-0.1, -0.05) is 80.5 Å². The summed E-state index contributed by atoms with van der Waals surface area (Å²) in [5, 5.41) is 19.5. The average molecular weight is 679 g/mol. The van der Waals surface area contributed by atoms with Crippen molar-refractivity contribution in [3.63, 3.8) is 0 Å². The average Bonchev–Trinajstić information content (AvgIpc) is 3.52. The van der Waals surface area contributed by atoms with Crippen LogP contribution in [0.5, 0.6) is 0 Å². The van der Waals surface area contributed by atoms with Crippen molar-refractivity contribution in [1.29, 1.82) is 0 Å². The molecule has 0 radical (unpaired) electrons. The second-order valence-electron chi connectivity index (χ2n) is 18.9. The largest absolute Gasteiger partial charge is 0.481 e. The summed E-state index contributed by atoms with van der Waals surface area (Å²) in [6.45, 7) is 29.1. The molecule has 1 saturated heterocycles. The first kappa shape index (κ1) is 36.8. The van der Waals surface area contributed by atoms with Gasteiger partial charge in [0.25, 0.3) is 0 Å². The Hall–Kier alpha value is -2.03. The number of hydrogen-bond donors (Lipinski definition) is 2. The summed E-state index contributed by atoms with van der Waals surface area (Å²) in [7, 11) is 2.03. The molecule has 2 bridgehead atoms. The SMILES string of the molecule is C=Cc1ncnn1[C@@H]1C[C@@]23COC[C@](C)([C@@H]2CC[C@H]2C3=CC[C@@]3(C)[C@H](C(=O)O)[C@@](C)([C@H](C)C(C)C)CC[C@]23C)[C@H]1OC[C@](C)(NC)C(C)C. The monoisotopic (exact) mass is 679 g/mol. The van der Waals surface area contributed by atoms with Crippen LogP contribution in [0, 0.1) is 62.6 Å². The fourth-order valence-corrected chi connectivity index (χ4v) is 12.6. The molecular weight excluding hydrogens is 612 g/mol. The Morgan fingerprint density at radius 3 is 2.49 bits per heavy atom. The highest BCUT2D eigenvalue weighted by molar-refractivity contribution is 5.73. The standard InChI is InChI=1S/C41H66N4O4/c1-13-32-43-24-44-45(32)30-20-41-23-48-21-37(8,34(30)49-22-40(11,42-12)26(4)5)31(41)15-14-28-29(41)16-17-39(10)33(35(46)47)36(7,27(6)25(2)3)18-19-38(28,39)9/h13,16,24-28,30-31,33-34,42H,1,14-15,17-23H2,2-12H3,(H,46,47)/t27-,28+,30-,31+,33-,34+,36-,37-,38-,39+,40+,41+/m1/s1. The van der Waals surface area contributed by atoms with Crippen LogP contribution in [0.25, 0.3) is 6.08 Å². The number of hydrogen-bond acceptors (Lipinski definition) is 6. The first-order chi connectivity index (χ1) is 22.9. The van der Waals surface area contributed by atoms with Crippen LogP contribution in [0.2, 0.25) is 0 Å². The number of fused-ring (bicyclic) bond motifs is 3. The summed E-state index contributed by atoms with van der Waals surface area (Å²) in [4.78, 5) is 18.1. The van der Waals surface area contributed by atoms with Gasteiger partial charge in [0, 0.05) is 16.4 Å². The molecule has 5 aliphatic rings. The van der Waals surface area contributed by atoms with E-state index in [0.29, 0.717) is 49.4 Å². The lowest BCUT2D eigenvalue weighted by molar-refractivity contribution is -0.253. The van der Waals surface area contributed by atoms with E-state index in [2.05, 4.69) is 96.9 Å². The van der Waals surface area contributed by atoms with E-state index in [-0.39, 0.29) is 44.8 Å². The zero-order chi connectivity index (χ0) is 35.9. The minimum absolute atomic E-state index is 0.0389. The van der Waals surface area contributed by atoms with Gasteiger partial charge in [-0.3, -0.25) is 4.79 Å². The molecule has 12 atom stereocenters. The highest BCUT2D eigenvalue weighted by Crippen LogP contribution is 2.75. The molecule has 0 amide bonds. The minimum Gasteiger partial charge on any atom is -0.481 e. The van der Waals surface area contributed by atoms with Gasteiger partial charge in [0.15, 0.2) is 0 Å². The lowest BCUT2D eigenvalue weighted by Gasteiger charge is -2.71. The Bertz CT molecular complexity index is 1470. The number of rotatable bonds is 10. The van der Waals surface area contributed by atoms with Gasteiger partial charge in [0.05, 0.1) is 37.9 Å². The Labute approximate surface area is 296 Å². The van der Waals surface area contributed by atoms with Gasteiger partial charge < -0.3 is 19.9 Å². The van der Waals surface area contributed by atoms with Gasteiger partial charge >= 0.3 is 5.97 Å². The Morgan fingerprint density at radius 2 is 1.88 bits per heavy atom. The number of carboxylic acid groups (broad SMARTS) is 1. The van der Waals surface area contributed by atoms with E-state index in [4.69, 9.17) is 14.6 Å². The van der Waals surface area contributed by atoms with Crippen LogP contribution >= 0.6 is 0 Å². The number of ether oxygens (including phenoxy) is 2. The van der Waals surface area contributed by atoms with Crippen molar-refractivity contribution in [3.05, 3.63) is 30.4 Å². The normalized spacial score (nSPS) is 43.5. The minimum atomic E-state index is -0.614. The van der Waals surface area contributed by atoms with Crippen LogP contribution in [-0.2, 0) is 14.3 Å². The maximum atomic E-state index is 13.5. The molecule has 1 aromatic heterocycles. The Kier molecular flexibility index (Phi) is 9.22. The third-order valence-electron chi connectivity index (χ3n) is 16.6. The van der Waals surface area contributed by atoms with Crippen molar-refractivity contribution in [2.75, 3.05) is 26.9 Å². The number of carboxylic acids is 1. The number of nitrogens with zero attached hydrogens (tertiary/aromatic N) is 3. The number of aliphatic carboxylic acids is 1. The predicted molar refractivity (Wildman–Crippen MR) is 195 cm³/mol. The highest BCUT2D eigenvalue weighted by Gasteiger charge is 2.72. The van der Waals surface area contributed by atoms with Crippen LogP contribution in [0.15, 0.2) is 24.6 Å². The molecule has 0 unspecified atom stereocenters. The quantitative estimate of drug-likeness (QED) is 0.242. The predicted octanol–water partition coefficient (Wildman–Crippen LogP) is 8.07. The van der Waals surface area contributed by atoms with Gasteiger partial charge in [-0.15, -0.1) is 0 Å². The zero-order valence-corrected chi connectivity index (χ0v) is 32.4. The van der Waals surface area contributed by atoms with Gasteiger partial charge in [-0.25, -0.2) is 9.67 Å². The van der Waals surface area contributed by atoms with Gasteiger partial charge in [0.2, 0.25) is 0 Å². The van der Waals surface area contributed by atoms with Crippen molar-refractivity contribution in [2.45, 2.75) is 125 Å². The first-order valence-electron chi connectivity index (χ1n) is 19.2. The van der Waals surface area contributed by atoms with E-state index in [1.165, 1.54) is 5.57 Å². The molecule has 8 heteroatoms. The van der Waals surface area contributed by atoms with Crippen molar-refractivity contribution < 1.29 is 19.4 Å². The van der Waals surface area contributed by atoms with E-state index in [1.807, 2.05) is 13.1 Å². The zero-order valence-electron chi connectivity index (χ0n) is 32.4. The molecule has 2 heterocycles. The topological polar surface area (TPSA) is 98.5 Å². The summed E-state index contributed by atoms with van der Waals surface area (Å²) < 4.78 is 16.0. The summed E-state index contributed by atoms with van der Waals surface area (Å²) >= 11 is 0. The number of allylic oxidation sites excluding steroid dienone is 1. The Morgan fingerprint density at radius 1 is 1.16 bits per heavy atom. The van der Waals surface area contributed by atoms with E-state index < -0.39 is 11.9 Å². The van der Waals surface area contributed by atoms with Crippen LogP contribution < -0.4 is 5.32 Å². The maximum absolute atomic E-state index is 13.5. The summed E-state index contributed by atoms with van der Waals surface area (Å²) in [5.74, 6) is 1.60. The molecule has 2 N–H and O–H groups in total. The fourth-order valence-electron chi connectivity index (χ4n) is 12.6. The van der Waals surface area contributed by atoms with Crippen molar-refractivity contribution in [3.8, 4) is 0 Å². The third-order valence-corrected chi connectivity index (χ3v) is 16.6. The lowest BCUT2D eigenvalue weighted by atomic mass is 9.34. The van der Waals surface area contributed by atoms with Gasteiger partial charge in [-0.05, 0) is 104 Å². The van der Waals surface area contributed by atoms with E-state index >= 15 is 0 Å². The van der Waals surface area contributed by atoms with Crippen LogP contribution in [-0.4, -0.2) is 64.4 Å². The van der Waals surface area contributed by atoms with Crippen molar-refractivity contribution in [2.24, 2.45) is 62.6 Å².